The highest BCUT2D eigenvalue weighted by atomic mass is 16.3. The first-order valence-corrected chi connectivity index (χ1v) is 5.46. The van der Waals surface area contributed by atoms with Crippen LogP contribution in [0, 0.1) is 12.8 Å². The maximum absolute atomic E-state index is 9.76. The summed E-state index contributed by atoms with van der Waals surface area (Å²) in [6.45, 7) is 6.58. The lowest BCUT2D eigenvalue weighted by Crippen LogP contribution is -2.42. The molecular formula is C11H18N2O2. The van der Waals surface area contributed by atoms with Gasteiger partial charge in [0.2, 0.25) is 0 Å². The van der Waals surface area contributed by atoms with E-state index in [0.717, 1.165) is 37.5 Å². The Morgan fingerprint density at radius 2 is 2.47 bits per heavy atom. The van der Waals surface area contributed by atoms with Gasteiger partial charge in [0.25, 0.3) is 0 Å². The molecule has 0 radical (unpaired) electrons. The Morgan fingerprint density at radius 3 is 3.07 bits per heavy atom. The third kappa shape index (κ3) is 2.38. The predicted octanol–water partition coefficient (Wildman–Crippen LogP) is 1.19. The molecule has 0 spiro atoms. The van der Waals surface area contributed by atoms with Gasteiger partial charge in [-0.05, 0) is 25.8 Å². The molecule has 1 aromatic rings. The van der Waals surface area contributed by atoms with E-state index in [9.17, 15) is 5.11 Å². The molecule has 2 atom stereocenters. The van der Waals surface area contributed by atoms with Crippen molar-refractivity contribution in [1.29, 1.82) is 0 Å². The molecule has 1 fully saturated rings. The molecule has 0 aromatic carbocycles. The fourth-order valence-corrected chi connectivity index (χ4v) is 1.95. The molecule has 15 heavy (non-hydrogen) atoms. The Bertz CT molecular complexity index is 324. The molecule has 4 nitrogen and oxygen atoms in total. The lowest BCUT2D eigenvalue weighted by molar-refractivity contribution is 0.0253. The Labute approximate surface area is 89.9 Å². The molecule has 0 amide bonds. The van der Waals surface area contributed by atoms with Gasteiger partial charge >= 0.3 is 0 Å². The summed E-state index contributed by atoms with van der Waals surface area (Å²) in [6.07, 6.45) is 2.33. The number of β-amino-alcohol motifs (C(OH)–C–C–N with tert-alkyl or cyclic N) is 1. The molecule has 1 aliphatic rings. The highest BCUT2D eigenvalue weighted by molar-refractivity contribution is 5.04. The van der Waals surface area contributed by atoms with Gasteiger partial charge in [0.15, 0.2) is 6.39 Å². The smallest absolute Gasteiger partial charge is 0.181 e. The highest BCUT2D eigenvalue weighted by Crippen LogP contribution is 2.19. The average molecular weight is 210 g/mol. The third-order valence-corrected chi connectivity index (χ3v) is 3.22. The van der Waals surface area contributed by atoms with Gasteiger partial charge in [0.1, 0.15) is 5.76 Å². The fraction of sp³-hybridized carbons (Fsp3) is 0.727. The lowest BCUT2D eigenvalue weighted by atomic mass is 9.96. The molecule has 2 rings (SSSR count). The minimum atomic E-state index is -0.203. The minimum Gasteiger partial charge on any atom is -0.448 e. The van der Waals surface area contributed by atoms with Gasteiger partial charge in [-0.1, -0.05) is 6.92 Å². The Hall–Kier alpha value is -0.870. The highest BCUT2D eigenvalue weighted by Gasteiger charge is 2.24. The first-order valence-electron chi connectivity index (χ1n) is 5.46. The van der Waals surface area contributed by atoms with Crippen molar-refractivity contribution in [1.82, 2.24) is 9.88 Å². The van der Waals surface area contributed by atoms with Crippen molar-refractivity contribution in [2.24, 2.45) is 5.92 Å². The maximum atomic E-state index is 9.76. The van der Waals surface area contributed by atoms with Gasteiger partial charge in [-0.25, -0.2) is 4.98 Å². The maximum Gasteiger partial charge on any atom is 0.181 e. The fourth-order valence-electron chi connectivity index (χ4n) is 1.95. The molecule has 1 aliphatic heterocycles. The number of aliphatic hydroxyl groups excluding tert-OH is 1. The Morgan fingerprint density at radius 1 is 1.67 bits per heavy atom. The molecule has 1 saturated heterocycles. The third-order valence-electron chi connectivity index (χ3n) is 3.22. The number of likely N-dealkylation sites (tertiary alicyclic amines) is 1. The zero-order valence-electron chi connectivity index (χ0n) is 9.31. The van der Waals surface area contributed by atoms with E-state index in [4.69, 9.17) is 4.42 Å². The number of nitrogens with zero attached hydrogens (tertiary/aromatic N) is 2. The molecule has 0 saturated carbocycles. The van der Waals surface area contributed by atoms with Crippen LogP contribution in [-0.2, 0) is 6.54 Å². The van der Waals surface area contributed by atoms with Gasteiger partial charge in [-0.2, -0.15) is 0 Å². The summed E-state index contributed by atoms with van der Waals surface area (Å²) in [5.41, 5.74) is 0.983. The number of oxazole rings is 1. The van der Waals surface area contributed by atoms with Crippen LogP contribution in [-0.4, -0.2) is 34.2 Å². The summed E-state index contributed by atoms with van der Waals surface area (Å²) >= 11 is 0. The summed E-state index contributed by atoms with van der Waals surface area (Å²) < 4.78 is 5.15. The zero-order valence-corrected chi connectivity index (χ0v) is 9.31. The molecule has 4 heteroatoms. The number of hydrogen-bond donors (Lipinski definition) is 1. The second kappa shape index (κ2) is 4.33. The molecule has 1 aromatic heterocycles. The molecule has 2 unspecified atom stereocenters. The summed E-state index contributed by atoms with van der Waals surface area (Å²) in [4.78, 5) is 6.40. The average Bonchev–Trinajstić information content (AvgIpc) is 2.59. The minimum absolute atomic E-state index is 0.203. The van der Waals surface area contributed by atoms with Gasteiger partial charge in [-0.3, -0.25) is 4.90 Å². The second-order valence-corrected chi connectivity index (χ2v) is 4.42. The van der Waals surface area contributed by atoms with E-state index >= 15 is 0 Å². The molecule has 1 N–H and O–H groups in total. The molecule has 0 aliphatic carbocycles. The van der Waals surface area contributed by atoms with E-state index in [1.165, 1.54) is 6.39 Å². The lowest BCUT2D eigenvalue weighted by Gasteiger charge is -2.33. The van der Waals surface area contributed by atoms with Crippen molar-refractivity contribution in [3.8, 4) is 0 Å². The molecule has 84 valence electrons. The van der Waals surface area contributed by atoms with Gasteiger partial charge in [-0.15, -0.1) is 0 Å². The summed E-state index contributed by atoms with van der Waals surface area (Å²) in [6, 6.07) is 0. The standard InChI is InChI=1S/C11H18N2O2/c1-8-3-4-13(6-11(8)14)5-10-9(2)15-7-12-10/h7-8,11,14H,3-6H2,1-2H3. The van der Waals surface area contributed by atoms with Crippen LogP contribution in [0.5, 0.6) is 0 Å². The van der Waals surface area contributed by atoms with Crippen LogP contribution in [0.15, 0.2) is 10.8 Å². The van der Waals surface area contributed by atoms with Crippen LogP contribution in [0.3, 0.4) is 0 Å². The zero-order chi connectivity index (χ0) is 10.8. The van der Waals surface area contributed by atoms with E-state index in [-0.39, 0.29) is 6.10 Å². The first kappa shape index (κ1) is 10.6. The van der Waals surface area contributed by atoms with Crippen molar-refractivity contribution in [2.45, 2.75) is 32.9 Å². The summed E-state index contributed by atoms with van der Waals surface area (Å²) in [5.74, 6) is 1.29. The van der Waals surface area contributed by atoms with E-state index in [1.54, 1.807) is 0 Å². The van der Waals surface area contributed by atoms with E-state index in [1.807, 2.05) is 6.92 Å². The second-order valence-electron chi connectivity index (χ2n) is 4.42. The van der Waals surface area contributed by atoms with Crippen molar-refractivity contribution < 1.29 is 9.52 Å². The molecule has 0 bridgehead atoms. The monoisotopic (exact) mass is 210 g/mol. The van der Waals surface area contributed by atoms with Crippen molar-refractivity contribution in [3.63, 3.8) is 0 Å². The van der Waals surface area contributed by atoms with Crippen molar-refractivity contribution >= 4 is 0 Å². The summed E-state index contributed by atoms with van der Waals surface area (Å²) in [5, 5.41) is 9.76. The largest absolute Gasteiger partial charge is 0.448 e. The number of aliphatic hydroxyl groups is 1. The quantitative estimate of drug-likeness (QED) is 0.796. The predicted molar refractivity (Wildman–Crippen MR) is 56.3 cm³/mol. The van der Waals surface area contributed by atoms with Gasteiger partial charge < -0.3 is 9.52 Å². The van der Waals surface area contributed by atoms with Crippen molar-refractivity contribution in [2.75, 3.05) is 13.1 Å². The molecule has 2 heterocycles. The van der Waals surface area contributed by atoms with Gasteiger partial charge in [0.05, 0.1) is 11.8 Å². The van der Waals surface area contributed by atoms with Crippen LogP contribution < -0.4 is 0 Å². The number of piperidine rings is 1. The SMILES string of the molecule is Cc1ocnc1CN1CCC(C)C(O)C1. The van der Waals surface area contributed by atoms with E-state index in [0.29, 0.717) is 5.92 Å². The van der Waals surface area contributed by atoms with Crippen LogP contribution in [0.4, 0.5) is 0 Å². The Balaban J connectivity index is 1.94. The Kier molecular flexibility index (Phi) is 3.07. The van der Waals surface area contributed by atoms with Crippen LogP contribution in [0.2, 0.25) is 0 Å². The number of rotatable bonds is 2. The number of aromatic nitrogens is 1. The number of hydrogen-bond acceptors (Lipinski definition) is 4. The first-order chi connectivity index (χ1) is 7.16. The van der Waals surface area contributed by atoms with E-state index < -0.39 is 0 Å². The van der Waals surface area contributed by atoms with Gasteiger partial charge in [0, 0.05) is 13.1 Å². The van der Waals surface area contributed by atoms with Crippen LogP contribution >= 0.6 is 0 Å². The summed E-state index contributed by atoms with van der Waals surface area (Å²) in [7, 11) is 0. The topological polar surface area (TPSA) is 49.5 Å². The normalized spacial score (nSPS) is 28.2. The van der Waals surface area contributed by atoms with Crippen molar-refractivity contribution in [3.05, 3.63) is 17.8 Å². The van der Waals surface area contributed by atoms with E-state index in [2.05, 4.69) is 16.8 Å². The van der Waals surface area contributed by atoms with Crippen LogP contribution in [0.25, 0.3) is 0 Å². The number of aryl methyl sites for hydroxylation is 1. The molecular weight excluding hydrogens is 192 g/mol. The van der Waals surface area contributed by atoms with Crippen LogP contribution in [0.1, 0.15) is 24.8 Å².